The van der Waals surface area contributed by atoms with E-state index in [9.17, 15) is 9.59 Å². The molecule has 5 fully saturated rings. The van der Waals surface area contributed by atoms with Crippen LogP contribution in [-0.4, -0.2) is 28.6 Å². The Morgan fingerprint density at radius 1 is 1.19 bits per heavy atom. The Morgan fingerprint density at radius 2 is 1.71 bits per heavy atom. The van der Waals surface area contributed by atoms with Gasteiger partial charge in [-0.1, -0.05) is 0 Å². The second-order valence-corrected chi connectivity index (χ2v) is 8.58. The monoisotopic (exact) mass is 309 g/mol. The van der Waals surface area contributed by atoms with E-state index >= 15 is 0 Å². The molecule has 21 heavy (non-hydrogen) atoms. The highest BCUT2D eigenvalue weighted by molar-refractivity contribution is 6.64. The van der Waals surface area contributed by atoms with Crippen LogP contribution in [0.15, 0.2) is 0 Å². The Labute approximate surface area is 131 Å². The lowest BCUT2D eigenvalue weighted by atomic mass is 9.47. The highest BCUT2D eigenvalue weighted by Gasteiger charge is 2.55. The molecule has 4 heteroatoms. The van der Waals surface area contributed by atoms with Crippen LogP contribution >= 0.6 is 11.6 Å². The van der Waals surface area contributed by atoms with Gasteiger partial charge in [0, 0.05) is 19.0 Å². The van der Waals surface area contributed by atoms with Gasteiger partial charge >= 0.3 is 0 Å². The minimum atomic E-state index is -0.344. The number of amides is 1. The van der Waals surface area contributed by atoms with Gasteiger partial charge in [0.2, 0.25) is 11.1 Å². The second-order valence-electron chi connectivity index (χ2n) is 8.21. The summed E-state index contributed by atoms with van der Waals surface area (Å²) in [6.07, 6.45) is 8.46. The first-order chi connectivity index (χ1) is 9.97. The summed E-state index contributed by atoms with van der Waals surface area (Å²) in [5, 5.41) is -0.344. The Kier molecular flexibility index (Phi) is 3.15. The zero-order valence-electron chi connectivity index (χ0n) is 12.7. The van der Waals surface area contributed by atoms with Crippen molar-refractivity contribution < 1.29 is 9.59 Å². The Bertz CT molecular complexity index is 454. The summed E-state index contributed by atoms with van der Waals surface area (Å²) < 4.78 is 0. The highest BCUT2D eigenvalue weighted by atomic mass is 35.5. The van der Waals surface area contributed by atoms with Gasteiger partial charge in [0.1, 0.15) is 0 Å². The maximum atomic E-state index is 12.3. The van der Waals surface area contributed by atoms with Crippen LogP contribution in [-0.2, 0) is 9.59 Å². The second kappa shape index (κ2) is 4.71. The first-order valence-corrected chi connectivity index (χ1v) is 8.83. The summed E-state index contributed by atoms with van der Waals surface area (Å²) in [6, 6.07) is 0.277. The maximum absolute atomic E-state index is 12.3. The molecule has 0 aromatic heterocycles. The molecule has 0 spiro atoms. The number of halogens is 1. The third-order valence-electron chi connectivity index (χ3n) is 6.92. The lowest BCUT2D eigenvalue weighted by Gasteiger charge is -2.60. The van der Waals surface area contributed by atoms with Crippen LogP contribution in [0, 0.1) is 29.1 Å². The average molecular weight is 310 g/mol. The van der Waals surface area contributed by atoms with E-state index in [0.717, 1.165) is 17.8 Å². The van der Waals surface area contributed by atoms with Crippen molar-refractivity contribution in [3.63, 3.8) is 0 Å². The van der Waals surface area contributed by atoms with Crippen molar-refractivity contribution in [2.45, 2.75) is 57.9 Å². The molecule has 4 bridgehead atoms. The van der Waals surface area contributed by atoms with Gasteiger partial charge in [-0.25, -0.2) is 0 Å². The molecule has 3 nitrogen and oxygen atoms in total. The van der Waals surface area contributed by atoms with Crippen molar-refractivity contribution in [1.82, 2.24) is 4.90 Å². The third kappa shape index (κ3) is 2.15. The van der Waals surface area contributed by atoms with Crippen LogP contribution in [0.25, 0.3) is 0 Å². The molecular formula is C17H24ClNO2. The van der Waals surface area contributed by atoms with Crippen molar-refractivity contribution in [3.8, 4) is 0 Å². The topological polar surface area (TPSA) is 37.4 Å². The fraction of sp³-hybridized carbons (Fsp3) is 0.882. The Balaban J connectivity index is 1.56. The molecule has 1 heterocycles. The van der Waals surface area contributed by atoms with E-state index in [1.807, 2.05) is 4.90 Å². The molecule has 1 amide bonds. The van der Waals surface area contributed by atoms with Crippen molar-refractivity contribution in [2.24, 2.45) is 29.1 Å². The Morgan fingerprint density at radius 3 is 2.14 bits per heavy atom. The van der Waals surface area contributed by atoms with Crippen LogP contribution < -0.4 is 0 Å². The van der Waals surface area contributed by atoms with E-state index < -0.39 is 0 Å². The van der Waals surface area contributed by atoms with Gasteiger partial charge in [0.15, 0.2) is 0 Å². The molecule has 0 unspecified atom stereocenters. The molecule has 0 aromatic carbocycles. The van der Waals surface area contributed by atoms with Gasteiger partial charge < -0.3 is 4.90 Å². The summed E-state index contributed by atoms with van der Waals surface area (Å²) in [5.74, 6) is 2.53. The number of rotatable bonds is 3. The summed E-state index contributed by atoms with van der Waals surface area (Å²) in [6.45, 7) is 2.77. The standard InChI is InChI=1S/C17H24ClNO2/c1-10(19-9-14(16(18)21)5-15(19)20)17-6-11-2-12(7-17)4-13(3-11)8-17/h10-14H,2-9H2,1H3/t10-,11?,12?,13?,14-,17?/m1/s1. The normalized spacial score (nSPS) is 46.2. The maximum Gasteiger partial charge on any atom is 0.227 e. The number of carbonyl (C=O) groups excluding carboxylic acids is 2. The molecular weight excluding hydrogens is 286 g/mol. The number of carbonyl (C=O) groups is 2. The van der Waals surface area contributed by atoms with E-state index in [1.165, 1.54) is 38.5 Å². The van der Waals surface area contributed by atoms with Crippen LogP contribution in [0.1, 0.15) is 51.9 Å². The van der Waals surface area contributed by atoms with Crippen LogP contribution in [0.2, 0.25) is 0 Å². The summed E-state index contributed by atoms with van der Waals surface area (Å²) in [4.78, 5) is 25.7. The zero-order chi connectivity index (χ0) is 14.8. The average Bonchev–Trinajstić information content (AvgIpc) is 2.78. The molecule has 5 aliphatic rings. The largest absolute Gasteiger partial charge is 0.339 e. The number of hydrogen-bond acceptors (Lipinski definition) is 2. The lowest BCUT2D eigenvalue weighted by molar-refractivity contribution is -0.140. The number of nitrogens with zero attached hydrogens (tertiary/aromatic N) is 1. The van der Waals surface area contributed by atoms with Crippen molar-refractivity contribution >= 4 is 22.8 Å². The minimum absolute atomic E-state index is 0.136. The molecule has 4 saturated carbocycles. The zero-order valence-corrected chi connectivity index (χ0v) is 13.4. The number of likely N-dealkylation sites (tertiary alicyclic amines) is 1. The van der Waals surface area contributed by atoms with Crippen molar-refractivity contribution in [3.05, 3.63) is 0 Å². The molecule has 0 aromatic rings. The van der Waals surface area contributed by atoms with E-state index in [1.54, 1.807) is 0 Å². The first-order valence-electron chi connectivity index (χ1n) is 8.45. The van der Waals surface area contributed by atoms with E-state index in [-0.39, 0.29) is 23.1 Å². The van der Waals surface area contributed by atoms with Crippen molar-refractivity contribution in [1.29, 1.82) is 0 Å². The predicted octanol–water partition coefficient (Wildman–Crippen LogP) is 3.21. The lowest BCUT2D eigenvalue weighted by Crippen LogP contribution is -2.56. The third-order valence-corrected chi connectivity index (χ3v) is 7.23. The highest BCUT2D eigenvalue weighted by Crippen LogP contribution is 2.62. The SMILES string of the molecule is C[C@@H](N1C[C@H](C(=O)Cl)CC1=O)C12CC3CC(CC(C3)C1)C2. The molecule has 5 rings (SSSR count). The summed E-state index contributed by atoms with van der Waals surface area (Å²) in [7, 11) is 0. The smallest absolute Gasteiger partial charge is 0.227 e. The Hall–Kier alpha value is -0.570. The fourth-order valence-corrected chi connectivity index (χ4v) is 6.42. The van der Waals surface area contributed by atoms with Gasteiger partial charge in [-0.15, -0.1) is 0 Å². The predicted molar refractivity (Wildman–Crippen MR) is 80.7 cm³/mol. The quantitative estimate of drug-likeness (QED) is 0.751. The van der Waals surface area contributed by atoms with E-state index in [4.69, 9.17) is 11.6 Å². The van der Waals surface area contributed by atoms with Gasteiger partial charge in [0.25, 0.3) is 0 Å². The van der Waals surface area contributed by atoms with Crippen LogP contribution in [0.5, 0.6) is 0 Å². The van der Waals surface area contributed by atoms with Gasteiger partial charge in [-0.2, -0.15) is 0 Å². The number of hydrogen-bond donors (Lipinski definition) is 0. The van der Waals surface area contributed by atoms with Crippen LogP contribution in [0.3, 0.4) is 0 Å². The van der Waals surface area contributed by atoms with Gasteiger partial charge in [-0.3, -0.25) is 9.59 Å². The molecule has 4 aliphatic carbocycles. The summed E-state index contributed by atoms with van der Waals surface area (Å²) in [5.41, 5.74) is 0.328. The molecule has 2 atom stereocenters. The van der Waals surface area contributed by atoms with Crippen LogP contribution in [0.4, 0.5) is 0 Å². The van der Waals surface area contributed by atoms with Gasteiger partial charge in [0.05, 0.1) is 5.92 Å². The summed E-state index contributed by atoms with van der Waals surface area (Å²) >= 11 is 5.62. The van der Waals surface area contributed by atoms with Crippen molar-refractivity contribution in [2.75, 3.05) is 6.54 Å². The molecule has 0 N–H and O–H groups in total. The molecule has 0 radical (unpaired) electrons. The first kappa shape index (κ1) is 14.0. The molecule has 1 saturated heterocycles. The van der Waals surface area contributed by atoms with E-state index in [0.29, 0.717) is 18.4 Å². The minimum Gasteiger partial charge on any atom is -0.339 e. The molecule has 1 aliphatic heterocycles. The fourth-order valence-electron chi connectivity index (χ4n) is 6.28. The molecule has 116 valence electrons. The van der Waals surface area contributed by atoms with E-state index in [2.05, 4.69) is 6.92 Å². The van der Waals surface area contributed by atoms with Gasteiger partial charge in [-0.05, 0) is 80.2 Å².